The van der Waals surface area contributed by atoms with Crippen LogP contribution >= 0.6 is 0 Å². The molecule has 7 nitrogen and oxygen atoms in total. The van der Waals surface area contributed by atoms with Crippen molar-refractivity contribution >= 4 is 17.7 Å². The number of benzene rings is 1. The fraction of sp³-hybridized carbons (Fsp3) is 0.143. The van der Waals surface area contributed by atoms with Gasteiger partial charge in [-0.1, -0.05) is 12.1 Å². The van der Waals surface area contributed by atoms with Crippen LogP contribution in [0.15, 0.2) is 36.5 Å². The number of nitrogens with zero attached hydrogens (tertiary/aromatic N) is 2. The van der Waals surface area contributed by atoms with E-state index in [-0.39, 0.29) is 11.6 Å². The molecule has 1 amide bonds. The van der Waals surface area contributed by atoms with E-state index in [1.54, 1.807) is 18.3 Å². The van der Waals surface area contributed by atoms with Gasteiger partial charge in [0.05, 0.1) is 11.1 Å². The molecule has 21 heavy (non-hydrogen) atoms. The van der Waals surface area contributed by atoms with Gasteiger partial charge in [0.2, 0.25) is 5.91 Å². The molecule has 1 heterocycles. The molecule has 0 bridgehead atoms. The summed E-state index contributed by atoms with van der Waals surface area (Å²) in [7, 11) is 0. The lowest BCUT2D eigenvalue weighted by atomic mass is 10.2. The quantitative estimate of drug-likeness (QED) is 0.498. The minimum absolute atomic E-state index is 0.00780. The molecule has 0 aliphatic heterocycles. The van der Waals surface area contributed by atoms with E-state index < -0.39 is 4.92 Å². The van der Waals surface area contributed by atoms with Gasteiger partial charge in [0, 0.05) is 36.0 Å². The Hall–Kier alpha value is -2.96. The van der Waals surface area contributed by atoms with Gasteiger partial charge >= 0.3 is 0 Å². The Kier molecular flexibility index (Phi) is 4.45. The van der Waals surface area contributed by atoms with Gasteiger partial charge in [-0.3, -0.25) is 20.0 Å². The minimum Gasteiger partial charge on any atom is -0.348 e. The number of non-ortho nitro benzene ring substituents is 1. The predicted octanol–water partition coefficient (Wildman–Crippen LogP) is 1.96. The van der Waals surface area contributed by atoms with Gasteiger partial charge in [0.25, 0.3) is 5.69 Å². The molecule has 1 aromatic carbocycles. The minimum atomic E-state index is -0.473. The molecule has 1 aromatic heterocycles. The molecule has 0 aliphatic carbocycles. The van der Waals surface area contributed by atoms with Crippen LogP contribution in [0.3, 0.4) is 0 Å². The van der Waals surface area contributed by atoms with E-state index in [1.165, 1.54) is 24.3 Å². The number of nitro benzene ring substituents is 1. The number of rotatable bonds is 5. The fourth-order valence-electron chi connectivity index (χ4n) is 1.71. The zero-order valence-corrected chi connectivity index (χ0v) is 11.4. The highest BCUT2D eigenvalue weighted by atomic mass is 16.6. The number of hydrogen-bond acceptors (Lipinski definition) is 4. The largest absolute Gasteiger partial charge is 0.348 e. The SMILES string of the molecule is Cc1[nH]ncc1CNC(=O)/C=C/c1cccc([N+](=O)[O-])c1. The van der Waals surface area contributed by atoms with Crippen LogP contribution in [0.4, 0.5) is 5.69 Å². The summed E-state index contributed by atoms with van der Waals surface area (Å²) in [6, 6.07) is 6.07. The van der Waals surface area contributed by atoms with Crippen molar-refractivity contribution in [3.05, 3.63) is 63.5 Å². The maximum absolute atomic E-state index is 11.7. The smallest absolute Gasteiger partial charge is 0.270 e. The molecule has 0 spiro atoms. The number of H-pyrrole nitrogens is 1. The molecule has 0 saturated carbocycles. The van der Waals surface area contributed by atoms with E-state index in [0.717, 1.165) is 11.3 Å². The van der Waals surface area contributed by atoms with Crippen LogP contribution in [0.5, 0.6) is 0 Å². The number of aromatic amines is 1. The van der Waals surface area contributed by atoms with Crippen LogP contribution in [-0.4, -0.2) is 21.0 Å². The Bertz CT molecular complexity index is 691. The van der Waals surface area contributed by atoms with Crippen molar-refractivity contribution in [3.63, 3.8) is 0 Å². The number of nitrogens with one attached hydrogen (secondary N) is 2. The second-order valence-electron chi connectivity index (χ2n) is 4.42. The predicted molar refractivity (Wildman–Crippen MR) is 77.3 cm³/mol. The standard InChI is InChI=1S/C14H14N4O3/c1-10-12(9-16-17-10)8-15-14(19)6-5-11-3-2-4-13(7-11)18(20)21/h2-7,9H,8H2,1H3,(H,15,19)(H,16,17)/b6-5+. The first-order valence-electron chi connectivity index (χ1n) is 6.25. The third-order valence-electron chi connectivity index (χ3n) is 2.90. The first-order chi connectivity index (χ1) is 10.1. The van der Waals surface area contributed by atoms with Gasteiger partial charge in [-0.15, -0.1) is 0 Å². The molecule has 108 valence electrons. The Labute approximate surface area is 120 Å². The molecule has 0 saturated heterocycles. The van der Waals surface area contributed by atoms with Crippen LogP contribution in [0.2, 0.25) is 0 Å². The summed E-state index contributed by atoms with van der Waals surface area (Å²) in [6.45, 7) is 2.24. The van der Waals surface area contributed by atoms with Crippen LogP contribution in [0.1, 0.15) is 16.8 Å². The van der Waals surface area contributed by atoms with Crippen molar-refractivity contribution in [3.8, 4) is 0 Å². The average molecular weight is 286 g/mol. The van der Waals surface area contributed by atoms with Crippen molar-refractivity contribution in [1.82, 2.24) is 15.5 Å². The normalized spacial score (nSPS) is 10.7. The number of aromatic nitrogens is 2. The number of hydrogen-bond donors (Lipinski definition) is 2. The van der Waals surface area contributed by atoms with Crippen molar-refractivity contribution in [2.24, 2.45) is 0 Å². The van der Waals surface area contributed by atoms with Gasteiger partial charge in [-0.05, 0) is 18.6 Å². The van der Waals surface area contributed by atoms with E-state index in [0.29, 0.717) is 12.1 Å². The van der Waals surface area contributed by atoms with E-state index in [2.05, 4.69) is 15.5 Å². The van der Waals surface area contributed by atoms with Crippen LogP contribution in [-0.2, 0) is 11.3 Å². The number of carbonyl (C=O) groups is 1. The first-order valence-corrected chi connectivity index (χ1v) is 6.25. The Morgan fingerprint density at radius 1 is 1.52 bits per heavy atom. The van der Waals surface area contributed by atoms with Crippen molar-refractivity contribution in [1.29, 1.82) is 0 Å². The summed E-state index contributed by atoms with van der Waals surface area (Å²) in [5.41, 5.74) is 2.40. The van der Waals surface area contributed by atoms with E-state index >= 15 is 0 Å². The van der Waals surface area contributed by atoms with Crippen molar-refractivity contribution < 1.29 is 9.72 Å². The average Bonchev–Trinajstić information content (AvgIpc) is 2.88. The molecule has 0 atom stereocenters. The molecular weight excluding hydrogens is 272 g/mol. The zero-order chi connectivity index (χ0) is 15.2. The molecular formula is C14H14N4O3. The topological polar surface area (TPSA) is 101 Å². The first kappa shape index (κ1) is 14.4. The third-order valence-corrected chi connectivity index (χ3v) is 2.90. The second-order valence-corrected chi connectivity index (χ2v) is 4.42. The molecule has 0 fully saturated rings. The summed E-state index contributed by atoms with van der Waals surface area (Å²) >= 11 is 0. The molecule has 0 aliphatic rings. The molecule has 7 heteroatoms. The lowest BCUT2D eigenvalue weighted by molar-refractivity contribution is -0.384. The number of carbonyl (C=O) groups excluding carboxylic acids is 1. The van der Waals surface area contributed by atoms with Crippen LogP contribution in [0.25, 0.3) is 6.08 Å². The highest BCUT2D eigenvalue weighted by Gasteiger charge is 2.04. The summed E-state index contributed by atoms with van der Waals surface area (Å²) < 4.78 is 0. The lowest BCUT2D eigenvalue weighted by Gasteiger charge is -2.00. The lowest BCUT2D eigenvalue weighted by Crippen LogP contribution is -2.20. The Morgan fingerprint density at radius 3 is 3.00 bits per heavy atom. The van der Waals surface area contributed by atoms with E-state index in [9.17, 15) is 14.9 Å². The van der Waals surface area contributed by atoms with Crippen molar-refractivity contribution in [2.45, 2.75) is 13.5 Å². The fourth-order valence-corrected chi connectivity index (χ4v) is 1.71. The second kappa shape index (κ2) is 6.47. The molecule has 0 unspecified atom stereocenters. The van der Waals surface area contributed by atoms with Crippen LogP contribution in [0, 0.1) is 17.0 Å². The third kappa shape index (κ3) is 4.00. The maximum atomic E-state index is 11.7. The summed E-state index contributed by atoms with van der Waals surface area (Å²) in [6.07, 6.45) is 4.53. The maximum Gasteiger partial charge on any atom is 0.270 e. The number of amides is 1. The highest BCUT2D eigenvalue weighted by Crippen LogP contribution is 2.14. The van der Waals surface area contributed by atoms with Crippen LogP contribution < -0.4 is 5.32 Å². The number of nitro groups is 1. The monoisotopic (exact) mass is 286 g/mol. The highest BCUT2D eigenvalue weighted by molar-refractivity contribution is 5.91. The van der Waals surface area contributed by atoms with Gasteiger partial charge in [0.15, 0.2) is 0 Å². The molecule has 2 aromatic rings. The van der Waals surface area contributed by atoms with Gasteiger partial charge in [0.1, 0.15) is 0 Å². The molecule has 0 radical (unpaired) electrons. The van der Waals surface area contributed by atoms with Gasteiger partial charge < -0.3 is 5.32 Å². The Morgan fingerprint density at radius 2 is 2.33 bits per heavy atom. The summed E-state index contributed by atoms with van der Waals surface area (Å²) in [4.78, 5) is 21.9. The summed E-state index contributed by atoms with van der Waals surface area (Å²) in [5.74, 6) is -0.276. The Balaban J connectivity index is 1.94. The van der Waals surface area contributed by atoms with E-state index in [1.807, 2.05) is 6.92 Å². The number of aryl methyl sites for hydroxylation is 1. The van der Waals surface area contributed by atoms with E-state index in [4.69, 9.17) is 0 Å². The molecule has 2 rings (SSSR count). The zero-order valence-electron chi connectivity index (χ0n) is 11.4. The van der Waals surface area contributed by atoms with Gasteiger partial charge in [-0.25, -0.2) is 0 Å². The van der Waals surface area contributed by atoms with Crippen molar-refractivity contribution in [2.75, 3.05) is 0 Å². The molecule has 2 N–H and O–H groups in total. The van der Waals surface area contributed by atoms with Gasteiger partial charge in [-0.2, -0.15) is 5.10 Å². The summed E-state index contributed by atoms with van der Waals surface area (Å²) in [5, 5.41) is 20.0.